The number of hydrogen-bond donors (Lipinski definition) is 1. The first-order chi connectivity index (χ1) is 5.61. The molecule has 1 aromatic carbocycles. The summed E-state index contributed by atoms with van der Waals surface area (Å²) < 4.78 is 19.0. The maximum Gasteiger partial charge on any atom is 1.00 e. The van der Waals surface area contributed by atoms with Gasteiger partial charge in [0.25, 0.3) is 0 Å². The van der Waals surface area contributed by atoms with Gasteiger partial charge in [-0.15, -0.1) is 0 Å². The maximum absolute atomic E-state index is 10.4. The Morgan fingerprint density at radius 2 is 1.77 bits per heavy atom. The molecular weight excluding hydrogens is 203 g/mol. The van der Waals surface area contributed by atoms with E-state index in [1.54, 1.807) is 0 Å². The van der Waals surface area contributed by atoms with E-state index in [1.165, 1.54) is 24.3 Å². The van der Waals surface area contributed by atoms with Crippen LogP contribution in [-0.2, 0) is 11.1 Å². The van der Waals surface area contributed by atoms with Crippen LogP contribution in [-0.4, -0.2) is 14.7 Å². The van der Waals surface area contributed by atoms with Gasteiger partial charge in [0.05, 0.1) is 10.9 Å². The third-order valence-corrected chi connectivity index (χ3v) is 1.97. The summed E-state index contributed by atoms with van der Waals surface area (Å²) in [6, 6.07) is 4.97. The summed E-state index contributed by atoms with van der Waals surface area (Å²) in [5, 5.41) is 10.2. The van der Waals surface area contributed by atoms with Crippen LogP contribution in [0.25, 0.3) is 0 Å². The average molecular weight is 208 g/mol. The molecule has 1 N–H and O–H groups in total. The molecule has 0 bridgehead atoms. The summed E-state index contributed by atoms with van der Waals surface area (Å²) in [5.41, 5.74) is -0.01000. The number of hydrogen-bond acceptors (Lipinski definition) is 3. The molecule has 0 amide bonds. The van der Waals surface area contributed by atoms with Gasteiger partial charge in [-0.1, -0.05) is 12.1 Å². The third kappa shape index (κ3) is 3.58. The van der Waals surface area contributed by atoms with Crippen molar-refractivity contribution in [3.05, 3.63) is 29.8 Å². The largest absolute Gasteiger partial charge is 1.00 e. The van der Waals surface area contributed by atoms with E-state index in [2.05, 4.69) is 0 Å². The molecule has 0 aliphatic rings. The Balaban J connectivity index is 0.00000144. The van der Waals surface area contributed by atoms with E-state index in [4.69, 9.17) is 4.55 Å². The van der Waals surface area contributed by atoms with Crippen molar-refractivity contribution in [3.63, 3.8) is 0 Å². The monoisotopic (exact) mass is 208 g/mol. The van der Waals surface area contributed by atoms with Gasteiger partial charge >= 0.3 is 29.6 Å². The van der Waals surface area contributed by atoms with E-state index < -0.39 is 17.0 Å². The van der Waals surface area contributed by atoms with Crippen LogP contribution in [0.1, 0.15) is 10.4 Å². The predicted molar refractivity (Wildman–Crippen MR) is 39.8 cm³/mol. The summed E-state index contributed by atoms with van der Waals surface area (Å²) in [6.07, 6.45) is 0. The maximum atomic E-state index is 10.4. The van der Waals surface area contributed by atoms with Gasteiger partial charge in [0.1, 0.15) is 0 Å². The van der Waals surface area contributed by atoms with Crippen LogP contribution in [0.5, 0.6) is 0 Å². The van der Waals surface area contributed by atoms with Crippen LogP contribution >= 0.6 is 0 Å². The zero-order valence-electron chi connectivity index (χ0n) is 6.89. The molecule has 1 atom stereocenters. The Morgan fingerprint density at radius 3 is 2.08 bits per heavy atom. The molecule has 0 saturated heterocycles. The summed E-state index contributed by atoms with van der Waals surface area (Å²) in [7, 11) is 0. The van der Waals surface area contributed by atoms with Gasteiger partial charge in [-0.25, -0.2) is 4.21 Å². The molecule has 4 nitrogen and oxygen atoms in total. The average Bonchev–Trinajstić information content (AvgIpc) is 2.04. The molecule has 0 spiro atoms. The number of carbonyl (C=O) groups excluding carboxylic acids is 1. The molecule has 0 heterocycles. The Hall–Kier alpha value is -0.200. The molecule has 6 heteroatoms. The van der Waals surface area contributed by atoms with Crippen LogP contribution in [0.2, 0.25) is 0 Å². The zero-order chi connectivity index (χ0) is 9.14. The minimum absolute atomic E-state index is 0. The van der Waals surface area contributed by atoms with Gasteiger partial charge in [-0.3, -0.25) is 0 Å². The smallest absolute Gasteiger partial charge is 0.545 e. The van der Waals surface area contributed by atoms with Gasteiger partial charge in [-0.2, -0.15) is 0 Å². The molecule has 0 saturated carbocycles. The second-order valence-electron chi connectivity index (χ2n) is 2.06. The summed E-state index contributed by atoms with van der Waals surface area (Å²) in [5.74, 6) is -1.30. The van der Waals surface area contributed by atoms with Gasteiger partial charge in [-0.05, 0) is 17.7 Å². The molecule has 0 aromatic heterocycles. The Labute approximate surface area is 99.5 Å². The molecular formula is C7H5NaO4S. The summed E-state index contributed by atoms with van der Waals surface area (Å²) in [4.78, 5) is 10.4. The number of rotatable bonds is 2. The number of aromatic carboxylic acids is 1. The topological polar surface area (TPSA) is 77.4 Å². The zero-order valence-corrected chi connectivity index (χ0v) is 9.71. The van der Waals surface area contributed by atoms with Crippen LogP contribution < -0.4 is 34.7 Å². The van der Waals surface area contributed by atoms with E-state index in [0.717, 1.165) is 0 Å². The van der Waals surface area contributed by atoms with Gasteiger partial charge in [0.2, 0.25) is 0 Å². The number of carbonyl (C=O) groups is 1. The van der Waals surface area contributed by atoms with Crippen molar-refractivity contribution in [1.29, 1.82) is 0 Å². The molecule has 1 rings (SSSR count). The van der Waals surface area contributed by atoms with E-state index in [1.807, 2.05) is 0 Å². The third-order valence-electron chi connectivity index (χ3n) is 1.29. The second-order valence-corrected chi connectivity index (χ2v) is 3.03. The first-order valence-electron chi connectivity index (χ1n) is 3.03. The predicted octanol–water partition coefficient (Wildman–Crippen LogP) is -3.37. The molecule has 1 aromatic rings. The van der Waals surface area contributed by atoms with Gasteiger partial charge < -0.3 is 14.5 Å². The molecule has 0 aliphatic heterocycles. The molecule has 13 heavy (non-hydrogen) atoms. The molecule has 1 unspecified atom stereocenters. The second kappa shape index (κ2) is 5.51. The molecule has 64 valence electrons. The van der Waals surface area contributed by atoms with Crippen molar-refractivity contribution >= 4 is 17.0 Å². The van der Waals surface area contributed by atoms with Crippen molar-refractivity contribution in [3.8, 4) is 0 Å². The van der Waals surface area contributed by atoms with Gasteiger partial charge in [0.15, 0.2) is 11.1 Å². The quantitative estimate of drug-likeness (QED) is 0.406. The van der Waals surface area contributed by atoms with E-state index in [9.17, 15) is 14.1 Å². The first-order valence-corrected chi connectivity index (χ1v) is 4.14. The normalized spacial score (nSPS) is 11.5. The van der Waals surface area contributed by atoms with Crippen LogP contribution in [0.15, 0.2) is 29.2 Å². The minimum Gasteiger partial charge on any atom is -0.545 e. The Kier molecular flexibility index (Phi) is 5.43. The van der Waals surface area contributed by atoms with Crippen LogP contribution in [0.3, 0.4) is 0 Å². The Bertz CT molecular complexity index is 289. The van der Waals surface area contributed by atoms with Crippen molar-refractivity contribution in [1.82, 2.24) is 0 Å². The minimum atomic E-state index is -2.06. The van der Waals surface area contributed by atoms with Crippen LogP contribution in [0, 0.1) is 0 Å². The van der Waals surface area contributed by atoms with Crippen molar-refractivity contribution in [2.75, 3.05) is 0 Å². The van der Waals surface area contributed by atoms with Crippen molar-refractivity contribution < 1.29 is 48.2 Å². The van der Waals surface area contributed by atoms with Crippen molar-refractivity contribution in [2.24, 2.45) is 0 Å². The fourth-order valence-electron chi connectivity index (χ4n) is 0.707. The summed E-state index contributed by atoms with van der Waals surface area (Å²) >= 11 is -2.06. The van der Waals surface area contributed by atoms with E-state index in [-0.39, 0.29) is 40.0 Å². The Morgan fingerprint density at radius 1 is 1.31 bits per heavy atom. The van der Waals surface area contributed by atoms with Crippen molar-refractivity contribution in [2.45, 2.75) is 4.90 Å². The van der Waals surface area contributed by atoms with Gasteiger partial charge in [0, 0.05) is 0 Å². The van der Waals surface area contributed by atoms with E-state index >= 15 is 0 Å². The SMILES string of the molecule is O=C([O-])c1ccc(S(=O)O)cc1.[Na+]. The fourth-order valence-corrected chi connectivity index (χ4v) is 1.08. The molecule has 0 aliphatic carbocycles. The molecule has 0 radical (unpaired) electrons. The number of benzene rings is 1. The molecule has 0 fully saturated rings. The van der Waals surface area contributed by atoms with E-state index in [0.29, 0.717) is 0 Å². The first kappa shape index (κ1) is 12.8. The summed E-state index contributed by atoms with van der Waals surface area (Å²) in [6.45, 7) is 0. The number of carboxylic acid groups (broad SMARTS) is 1. The number of carboxylic acids is 1. The fraction of sp³-hybridized carbons (Fsp3) is 0. The van der Waals surface area contributed by atoms with Crippen LogP contribution in [0.4, 0.5) is 0 Å². The standard InChI is InChI=1S/C7H6O4S.Na/c8-7(9)5-1-3-6(4-2-5)12(10)11;/h1-4H,(H,8,9)(H,10,11);/q;+1/p-1.